The number of hydrogen-bond donors (Lipinski definition) is 2. The van der Waals surface area contributed by atoms with Crippen molar-refractivity contribution in [1.29, 1.82) is 0 Å². The number of aliphatic hydroxyl groups excluding tert-OH is 1. The van der Waals surface area contributed by atoms with Gasteiger partial charge in [0, 0.05) is 17.3 Å². The molecule has 0 radical (unpaired) electrons. The van der Waals surface area contributed by atoms with Crippen molar-refractivity contribution in [3.8, 4) is 0 Å². The summed E-state index contributed by atoms with van der Waals surface area (Å²) in [7, 11) is 0. The SMILES string of the molecule is CCC(CCO)NC(=O)c1cc2ccc(F)cc2s1. The van der Waals surface area contributed by atoms with E-state index in [0.29, 0.717) is 11.3 Å². The lowest BCUT2D eigenvalue weighted by atomic mass is 10.1. The first-order chi connectivity index (χ1) is 9.13. The summed E-state index contributed by atoms with van der Waals surface area (Å²) in [5.74, 6) is -0.463. The minimum atomic E-state index is -0.298. The second-order valence-electron chi connectivity index (χ2n) is 4.38. The summed E-state index contributed by atoms with van der Waals surface area (Å²) < 4.78 is 13.9. The Bertz CT molecular complexity index is 582. The summed E-state index contributed by atoms with van der Waals surface area (Å²) in [6.07, 6.45) is 1.31. The van der Waals surface area contributed by atoms with Crippen LogP contribution in [0.2, 0.25) is 0 Å². The predicted octanol–water partition coefficient (Wildman–Crippen LogP) is 2.93. The van der Waals surface area contributed by atoms with Crippen molar-refractivity contribution in [1.82, 2.24) is 5.32 Å². The smallest absolute Gasteiger partial charge is 0.261 e. The van der Waals surface area contributed by atoms with Crippen molar-refractivity contribution in [2.75, 3.05) is 6.61 Å². The van der Waals surface area contributed by atoms with Crippen LogP contribution in [0.4, 0.5) is 4.39 Å². The maximum atomic E-state index is 13.1. The zero-order chi connectivity index (χ0) is 13.8. The molecule has 1 atom stereocenters. The predicted molar refractivity (Wildman–Crippen MR) is 75.0 cm³/mol. The first-order valence-corrected chi connectivity index (χ1v) is 7.06. The van der Waals surface area contributed by atoms with Gasteiger partial charge in [0.05, 0.1) is 4.88 Å². The Labute approximate surface area is 115 Å². The number of halogens is 1. The maximum Gasteiger partial charge on any atom is 0.261 e. The highest BCUT2D eigenvalue weighted by Crippen LogP contribution is 2.26. The number of thiophene rings is 1. The third-order valence-corrected chi connectivity index (χ3v) is 4.11. The van der Waals surface area contributed by atoms with Crippen molar-refractivity contribution in [2.45, 2.75) is 25.8 Å². The fraction of sp³-hybridized carbons (Fsp3) is 0.357. The standard InChI is InChI=1S/C14H16FNO2S/c1-2-11(5-6-17)16-14(18)13-7-9-3-4-10(15)8-12(9)19-13/h3-4,7-8,11,17H,2,5-6H2,1H3,(H,16,18). The molecule has 0 saturated heterocycles. The summed E-state index contributed by atoms with van der Waals surface area (Å²) in [4.78, 5) is 12.6. The van der Waals surface area contributed by atoms with Crippen LogP contribution in [0.15, 0.2) is 24.3 Å². The number of rotatable bonds is 5. The van der Waals surface area contributed by atoms with Gasteiger partial charge in [0.15, 0.2) is 0 Å². The van der Waals surface area contributed by atoms with Gasteiger partial charge in [-0.15, -0.1) is 11.3 Å². The molecular formula is C14H16FNO2S. The molecule has 3 nitrogen and oxygen atoms in total. The van der Waals surface area contributed by atoms with Gasteiger partial charge in [-0.2, -0.15) is 0 Å². The van der Waals surface area contributed by atoms with Crippen molar-refractivity contribution in [3.05, 3.63) is 35.0 Å². The quantitative estimate of drug-likeness (QED) is 0.885. The Morgan fingerprint density at radius 2 is 2.26 bits per heavy atom. The van der Waals surface area contributed by atoms with E-state index in [9.17, 15) is 9.18 Å². The molecule has 0 fully saturated rings. The maximum absolute atomic E-state index is 13.1. The van der Waals surface area contributed by atoms with Gasteiger partial charge in [0.1, 0.15) is 5.82 Å². The summed E-state index contributed by atoms with van der Waals surface area (Å²) in [6, 6.07) is 6.22. The molecule has 0 aliphatic rings. The van der Waals surface area contributed by atoms with Crippen LogP contribution in [0, 0.1) is 5.82 Å². The van der Waals surface area contributed by atoms with E-state index in [4.69, 9.17) is 5.11 Å². The third kappa shape index (κ3) is 3.30. The second kappa shape index (κ2) is 6.12. The molecule has 1 unspecified atom stereocenters. The number of carbonyl (C=O) groups excluding carboxylic acids is 1. The van der Waals surface area contributed by atoms with Crippen LogP contribution in [-0.4, -0.2) is 23.7 Å². The molecule has 1 aromatic heterocycles. The highest BCUT2D eigenvalue weighted by molar-refractivity contribution is 7.20. The molecule has 0 saturated carbocycles. The van der Waals surface area contributed by atoms with Gasteiger partial charge in [0.2, 0.25) is 0 Å². The van der Waals surface area contributed by atoms with Crippen LogP contribution in [-0.2, 0) is 0 Å². The van der Waals surface area contributed by atoms with E-state index in [1.165, 1.54) is 23.5 Å². The highest BCUT2D eigenvalue weighted by atomic mass is 32.1. The first kappa shape index (κ1) is 14.0. The topological polar surface area (TPSA) is 49.3 Å². The minimum Gasteiger partial charge on any atom is -0.396 e. The Hall–Kier alpha value is -1.46. The molecule has 0 spiro atoms. The summed E-state index contributed by atoms with van der Waals surface area (Å²) in [5, 5.41) is 12.7. The zero-order valence-electron chi connectivity index (χ0n) is 10.6. The fourth-order valence-electron chi connectivity index (χ4n) is 1.91. The number of hydrogen-bond acceptors (Lipinski definition) is 3. The molecule has 1 aromatic carbocycles. The lowest BCUT2D eigenvalue weighted by Gasteiger charge is -2.14. The third-order valence-electron chi connectivity index (χ3n) is 3.01. The Balaban J connectivity index is 2.17. The van der Waals surface area contributed by atoms with Gasteiger partial charge in [0.25, 0.3) is 5.91 Å². The second-order valence-corrected chi connectivity index (χ2v) is 5.47. The number of aliphatic hydroxyl groups is 1. The van der Waals surface area contributed by atoms with E-state index in [0.717, 1.165) is 16.5 Å². The van der Waals surface area contributed by atoms with E-state index >= 15 is 0 Å². The van der Waals surface area contributed by atoms with Gasteiger partial charge >= 0.3 is 0 Å². The molecule has 2 rings (SSSR count). The van der Waals surface area contributed by atoms with Crippen molar-refractivity contribution >= 4 is 27.3 Å². The monoisotopic (exact) mass is 281 g/mol. The van der Waals surface area contributed by atoms with Crippen LogP contribution in [0.1, 0.15) is 29.4 Å². The van der Waals surface area contributed by atoms with Gasteiger partial charge < -0.3 is 10.4 Å². The molecule has 5 heteroatoms. The van der Waals surface area contributed by atoms with Gasteiger partial charge in [-0.1, -0.05) is 13.0 Å². The minimum absolute atomic E-state index is 0.0283. The number of nitrogens with one attached hydrogen (secondary N) is 1. The van der Waals surface area contributed by atoms with Crippen LogP contribution >= 0.6 is 11.3 Å². The average molecular weight is 281 g/mol. The van der Waals surface area contributed by atoms with Crippen LogP contribution in [0.5, 0.6) is 0 Å². The van der Waals surface area contributed by atoms with Crippen molar-refractivity contribution < 1.29 is 14.3 Å². The van der Waals surface area contributed by atoms with Gasteiger partial charge in [-0.25, -0.2) is 4.39 Å². The Morgan fingerprint density at radius 1 is 1.47 bits per heavy atom. The van der Waals surface area contributed by atoms with Crippen molar-refractivity contribution in [3.63, 3.8) is 0 Å². The van der Waals surface area contributed by atoms with Crippen LogP contribution in [0.25, 0.3) is 10.1 Å². The van der Waals surface area contributed by atoms with Crippen LogP contribution < -0.4 is 5.32 Å². The summed E-state index contributed by atoms with van der Waals surface area (Å²) >= 11 is 1.28. The van der Waals surface area contributed by atoms with E-state index in [1.54, 1.807) is 12.1 Å². The number of benzene rings is 1. The van der Waals surface area contributed by atoms with Gasteiger partial charge in [-0.3, -0.25) is 4.79 Å². The molecular weight excluding hydrogens is 265 g/mol. The molecule has 2 N–H and O–H groups in total. The van der Waals surface area contributed by atoms with Crippen LogP contribution in [0.3, 0.4) is 0 Å². The molecule has 0 aliphatic carbocycles. The largest absolute Gasteiger partial charge is 0.396 e. The van der Waals surface area contributed by atoms with E-state index in [1.807, 2.05) is 6.92 Å². The lowest BCUT2D eigenvalue weighted by Crippen LogP contribution is -2.34. The lowest BCUT2D eigenvalue weighted by molar-refractivity contribution is 0.0933. The number of amides is 1. The molecule has 102 valence electrons. The molecule has 0 bridgehead atoms. The Morgan fingerprint density at radius 3 is 2.95 bits per heavy atom. The molecule has 0 aliphatic heterocycles. The first-order valence-electron chi connectivity index (χ1n) is 6.25. The molecule has 1 heterocycles. The molecule has 2 aromatic rings. The molecule has 19 heavy (non-hydrogen) atoms. The summed E-state index contributed by atoms with van der Waals surface area (Å²) in [5.41, 5.74) is 0. The van der Waals surface area contributed by atoms with Gasteiger partial charge in [-0.05, 0) is 36.4 Å². The number of fused-ring (bicyclic) bond motifs is 1. The van der Waals surface area contributed by atoms with E-state index < -0.39 is 0 Å². The number of carbonyl (C=O) groups is 1. The highest BCUT2D eigenvalue weighted by Gasteiger charge is 2.14. The normalized spacial score (nSPS) is 12.6. The fourth-order valence-corrected chi connectivity index (χ4v) is 2.90. The Kier molecular flexibility index (Phi) is 4.50. The summed E-state index contributed by atoms with van der Waals surface area (Å²) in [6.45, 7) is 2.01. The average Bonchev–Trinajstić information content (AvgIpc) is 2.81. The van der Waals surface area contributed by atoms with E-state index in [-0.39, 0.29) is 24.4 Å². The molecule has 1 amide bonds. The van der Waals surface area contributed by atoms with E-state index in [2.05, 4.69) is 5.32 Å². The zero-order valence-corrected chi connectivity index (χ0v) is 11.5. The van der Waals surface area contributed by atoms with Crippen molar-refractivity contribution in [2.24, 2.45) is 0 Å².